The molecule has 2 aliphatic heterocycles. The number of hydrogen-bond acceptors (Lipinski definition) is 4. The summed E-state index contributed by atoms with van der Waals surface area (Å²) in [6.07, 6.45) is 0.113. The van der Waals surface area contributed by atoms with Crippen molar-refractivity contribution in [1.29, 1.82) is 0 Å². The van der Waals surface area contributed by atoms with Crippen LogP contribution in [0, 0.1) is 5.92 Å². The molecule has 0 bridgehead atoms. The van der Waals surface area contributed by atoms with Crippen molar-refractivity contribution in [1.82, 2.24) is 4.90 Å². The molecule has 6 heteroatoms. The molecule has 3 unspecified atom stereocenters. The fourth-order valence-electron chi connectivity index (χ4n) is 2.27. The molecule has 2 fully saturated rings. The van der Waals surface area contributed by atoms with Gasteiger partial charge in [-0.05, 0) is 12.8 Å². The second kappa shape index (κ2) is 4.44. The number of ether oxygens (including phenoxy) is 1. The Labute approximate surface area is 98.5 Å². The third kappa shape index (κ3) is 2.31. The first-order valence-electron chi connectivity index (χ1n) is 5.71. The number of carboxylic acids is 1. The Balaban J connectivity index is 1.92. The molecule has 0 saturated carbocycles. The van der Waals surface area contributed by atoms with Crippen LogP contribution >= 0.6 is 0 Å². The highest BCUT2D eigenvalue weighted by Crippen LogP contribution is 2.24. The Kier molecular flexibility index (Phi) is 3.15. The van der Waals surface area contributed by atoms with E-state index in [1.165, 1.54) is 4.90 Å². The predicted molar refractivity (Wildman–Crippen MR) is 56.0 cm³/mol. The van der Waals surface area contributed by atoms with E-state index in [1.54, 1.807) is 6.92 Å². The molecule has 2 amide bonds. The number of aliphatic carboxylic acids is 1. The summed E-state index contributed by atoms with van der Waals surface area (Å²) in [6.45, 7) is 1.90. The van der Waals surface area contributed by atoms with Crippen LogP contribution in [0.15, 0.2) is 0 Å². The molecule has 0 spiro atoms. The number of rotatable bonds is 3. The fourth-order valence-corrected chi connectivity index (χ4v) is 2.27. The van der Waals surface area contributed by atoms with Crippen LogP contribution in [0.3, 0.4) is 0 Å². The Hall–Kier alpha value is -1.43. The quantitative estimate of drug-likeness (QED) is 0.704. The lowest BCUT2D eigenvalue weighted by Gasteiger charge is -2.19. The van der Waals surface area contributed by atoms with Gasteiger partial charge < -0.3 is 9.84 Å². The van der Waals surface area contributed by atoms with Crippen molar-refractivity contribution in [2.24, 2.45) is 5.92 Å². The molecule has 3 atom stereocenters. The average molecular weight is 241 g/mol. The lowest BCUT2D eigenvalue weighted by Crippen LogP contribution is -2.37. The van der Waals surface area contributed by atoms with Gasteiger partial charge in [-0.1, -0.05) is 6.92 Å². The van der Waals surface area contributed by atoms with E-state index < -0.39 is 12.1 Å². The van der Waals surface area contributed by atoms with Gasteiger partial charge in [0.25, 0.3) is 0 Å². The summed E-state index contributed by atoms with van der Waals surface area (Å²) in [5, 5.41) is 8.77. The predicted octanol–water partition coefficient (Wildman–Crippen LogP) is 0.0136. The van der Waals surface area contributed by atoms with Gasteiger partial charge in [0.2, 0.25) is 11.8 Å². The van der Waals surface area contributed by atoms with Crippen molar-refractivity contribution in [2.75, 3.05) is 6.54 Å². The number of carbonyl (C=O) groups is 3. The van der Waals surface area contributed by atoms with Crippen molar-refractivity contribution in [2.45, 2.75) is 38.4 Å². The smallest absolute Gasteiger partial charge is 0.332 e. The Morgan fingerprint density at radius 2 is 2.18 bits per heavy atom. The molecule has 17 heavy (non-hydrogen) atoms. The normalized spacial score (nSPS) is 33.5. The van der Waals surface area contributed by atoms with Gasteiger partial charge in [-0.15, -0.1) is 0 Å². The Bertz CT molecular complexity index is 367. The third-order valence-electron chi connectivity index (χ3n) is 3.24. The molecule has 0 aromatic rings. The molecule has 6 nitrogen and oxygen atoms in total. The lowest BCUT2D eigenvalue weighted by atomic mass is 10.1. The zero-order valence-corrected chi connectivity index (χ0v) is 9.59. The standard InChI is InChI=1S/C11H15NO5/c1-6-4-9(13)12(10(6)14)5-7-2-3-8(17-7)11(15)16/h6-8H,2-5H2,1H3,(H,15,16). The van der Waals surface area contributed by atoms with Crippen LogP contribution in [-0.4, -0.2) is 46.5 Å². The topological polar surface area (TPSA) is 83.9 Å². The minimum Gasteiger partial charge on any atom is -0.479 e. The number of carbonyl (C=O) groups excluding carboxylic acids is 2. The minimum absolute atomic E-state index is 0.183. The second-order valence-electron chi connectivity index (χ2n) is 4.61. The van der Waals surface area contributed by atoms with Crippen LogP contribution in [0.2, 0.25) is 0 Å². The Morgan fingerprint density at radius 1 is 1.47 bits per heavy atom. The van der Waals surface area contributed by atoms with E-state index >= 15 is 0 Å². The lowest BCUT2D eigenvalue weighted by molar-refractivity contribution is -0.150. The van der Waals surface area contributed by atoms with Gasteiger partial charge in [-0.3, -0.25) is 14.5 Å². The average Bonchev–Trinajstić information content (AvgIpc) is 2.80. The maximum Gasteiger partial charge on any atom is 0.332 e. The summed E-state index contributed by atoms with van der Waals surface area (Å²) in [5.41, 5.74) is 0. The summed E-state index contributed by atoms with van der Waals surface area (Å²) >= 11 is 0. The first-order chi connectivity index (χ1) is 7.99. The number of carboxylic acid groups (broad SMARTS) is 1. The van der Waals surface area contributed by atoms with Crippen LogP contribution in [0.4, 0.5) is 0 Å². The molecule has 2 rings (SSSR count). The second-order valence-corrected chi connectivity index (χ2v) is 4.61. The zero-order chi connectivity index (χ0) is 12.6. The number of hydrogen-bond donors (Lipinski definition) is 1. The van der Waals surface area contributed by atoms with Crippen LogP contribution in [0.25, 0.3) is 0 Å². The molecular weight excluding hydrogens is 226 g/mol. The van der Waals surface area contributed by atoms with Crippen LogP contribution < -0.4 is 0 Å². The summed E-state index contributed by atoms with van der Waals surface area (Å²) < 4.78 is 5.27. The summed E-state index contributed by atoms with van der Waals surface area (Å²) in [6, 6.07) is 0. The van der Waals surface area contributed by atoms with Gasteiger partial charge in [0, 0.05) is 12.3 Å². The number of nitrogens with zero attached hydrogens (tertiary/aromatic N) is 1. The molecule has 0 aliphatic carbocycles. The van der Waals surface area contributed by atoms with Crippen LogP contribution in [0.5, 0.6) is 0 Å². The fraction of sp³-hybridized carbons (Fsp3) is 0.727. The van der Waals surface area contributed by atoms with Crippen molar-refractivity contribution in [3.63, 3.8) is 0 Å². The first-order valence-corrected chi connectivity index (χ1v) is 5.71. The van der Waals surface area contributed by atoms with Gasteiger partial charge in [-0.25, -0.2) is 4.79 Å². The molecule has 2 aliphatic rings. The van der Waals surface area contributed by atoms with Crippen LogP contribution in [0.1, 0.15) is 26.2 Å². The molecule has 2 saturated heterocycles. The van der Waals surface area contributed by atoms with E-state index in [0.717, 1.165) is 0 Å². The SMILES string of the molecule is CC1CC(=O)N(CC2CCC(C(=O)O)O2)C1=O. The largest absolute Gasteiger partial charge is 0.479 e. The van der Waals surface area contributed by atoms with E-state index in [0.29, 0.717) is 12.8 Å². The highest BCUT2D eigenvalue weighted by molar-refractivity contribution is 6.03. The van der Waals surface area contributed by atoms with Crippen LogP contribution in [-0.2, 0) is 19.1 Å². The number of likely N-dealkylation sites (tertiary alicyclic amines) is 1. The van der Waals surface area contributed by atoms with E-state index in [9.17, 15) is 14.4 Å². The third-order valence-corrected chi connectivity index (χ3v) is 3.24. The van der Waals surface area contributed by atoms with Crippen molar-refractivity contribution >= 4 is 17.8 Å². The Morgan fingerprint density at radius 3 is 2.65 bits per heavy atom. The zero-order valence-electron chi connectivity index (χ0n) is 9.59. The molecule has 0 aromatic carbocycles. The highest BCUT2D eigenvalue weighted by Gasteiger charge is 2.39. The van der Waals surface area contributed by atoms with Crippen molar-refractivity contribution in [3.8, 4) is 0 Å². The van der Waals surface area contributed by atoms with E-state index in [-0.39, 0.29) is 36.8 Å². The summed E-state index contributed by atoms with van der Waals surface area (Å²) in [7, 11) is 0. The maximum atomic E-state index is 11.7. The molecule has 0 radical (unpaired) electrons. The molecule has 94 valence electrons. The molecule has 0 aromatic heterocycles. The number of amides is 2. The number of imide groups is 1. The molecular formula is C11H15NO5. The highest BCUT2D eigenvalue weighted by atomic mass is 16.5. The molecule has 2 heterocycles. The van der Waals surface area contributed by atoms with E-state index in [2.05, 4.69) is 0 Å². The van der Waals surface area contributed by atoms with E-state index in [1.807, 2.05) is 0 Å². The first kappa shape index (κ1) is 12.0. The van der Waals surface area contributed by atoms with Crippen molar-refractivity contribution in [3.05, 3.63) is 0 Å². The van der Waals surface area contributed by atoms with Gasteiger partial charge >= 0.3 is 5.97 Å². The monoisotopic (exact) mass is 241 g/mol. The van der Waals surface area contributed by atoms with Gasteiger partial charge in [-0.2, -0.15) is 0 Å². The van der Waals surface area contributed by atoms with Gasteiger partial charge in [0.1, 0.15) is 0 Å². The molecule has 1 N–H and O–H groups in total. The van der Waals surface area contributed by atoms with Gasteiger partial charge in [0.15, 0.2) is 6.10 Å². The summed E-state index contributed by atoms with van der Waals surface area (Å²) in [5.74, 6) is -1.62. The van der Waals surface area contributed by atoms with Crippen molar-refractivity contribution < 1.29 is 24.2 Å². The maximum absolute atomic E-state index is 11.7. The summed E-state index contributed by atoms with van der Waals surface area (Å²) in [4.78, 5) is 35.1. The van der Waals surface area contributed by atoms with E-state index in [4.69, 9.17) is 9.84 Å². The minimum atomic E-state index is -0.986. The van der Waals surface area contributed by atoms with Gasteiger partial charge in [0.05, 0.1) is 12.6 Å².